The number of imide groups is 1. The van der Waals surface area contributed by atoms with Gasteiger partial charge in [0.1, 0.15) is 0 Å². The molecule has 1 aromatic carbocycles. The second-order valence-electron chi connectivity index (χ2n) is 5.06. The van der Waals surface area contributed by atoms with Gasteiger partial charge in [0.05, 0.1) is 17.3 Å². The predicted octanol–water partition coefficient (Wildman–Crippen LogP) is 2.95. The van der Waals surface area contributed by atoms with Gasteiger partial charge < -0.3 is 0 Å². The minimum atomic E-state index is -0.522. The first-order valence-electron chi connectivity index (χ1n) is 6.46. The van der Waals surface area contributed by atoms with Crippen molar-refractivity contribution in [1.82, 2.24) is 0 Å². The van der Waals surface area contributed by atoms with E-state index in [0.29, 0.717) is 11.4 Å². The van der Waals surface area contributed by atoms with Crippen LogP contribution in [-0.2, 0) is 4.79 Å². The Morgan fingerprint density at radius 3 is 2.45 bits per heavy atom. The summed E-state index contributed by atoms with van der Waals surface area (Å²) in [4.78, 5) is 29.9. The van der Waals surface area contributed by atoms with Crippen molar-refractivity contribution in [3.05, 3.63) is 53.6 Å². The molecular weight excluding hydrogens is 252 g/mol. The van der Waals surface area contributed by atoms with Crippen molar-refractivity contribution in [2.75, 3.05) is 4.90 Å². The Bertz CT molecular complexity index is 678. The number of allylic oxidation sites excluding steroid dienone is 3. The first-order chi connectivity index (χ1) is 9.56. The summed E-state index contributed by atoms with van der Waals surface area (Å²) >= 11 is 0. The third-order valence-corrected chi connectivity index (χ3v) is 3.37. The molecule has 20 heavy (non-hydrogen) atoms. The van der Waals surface area contributed by atoms with Crippen LogP contribution in [0.2, 0.25) is 0 Å². The van der Waals surface area contributed by atoms with Crippen molar-refractivity contribution >= 4 is 23.3 Å². The lowest BCUT2D eigenvalue weighted by Crippen LogP contribution is -2.46. The van der Waals surface area contributed by atoms with Gasteiger partial charge in [-0.3, -0.25) is 4.79 Å². The summed E-state index contributed by atoms with van der Waals surface area (Å²) < 4.78 is 0. The van der Waals surface area contributed by atoms with Crippen LogP contribution in [0.5, 0.6) is 0 Å². The average molecular weight is 266 g/mol. The minimum absolute atomic E-state index is 0.245. The zero-order valence-corrected chi connectivity index (χ0v) is 11.3. The lowest BCUT2D eigenvalue weighted by Gasteiger charge is -2.28. The molecule has 2 aliphatic rings. The third kappa shape index (κ3) is 1.99. The number of rotatable bonds is 1. The Balaban J connectivity index is 2.08. The van der Waals surface area contributed by atoms with Gasteiger partial charge in [0, 0.05) is 0 Å². The molecule has 4 heteroatoms. The maximum absolute atomic E-state index is 12.5. The fraction of sp³-hybridized carbons (Fsp3) is 0.188. The number of carbonyl (C=O) groups is 2. The number of hydrogen-bond donors (Lipinski definition) is 0. The molecule has 0 fully saturated rings. The van der Waals surface area contributed by atoms with Crippen molar-refractivity contribution in [1.29, 1.82) is 0 Å². The molecule has 0 radical (unpaired) electrons. The fourth-order valence-corrected chi connectivity index (χ4v) is 2.56. The molecule has 1 aliphatic heterocycles. The van der Waals surface area contributed by atoms with Crippen LogP contribution in [0.3, 0.4) is 0 Å². The topological polar surface area (TPSA) is 49.7 Å². The Morgan fingerprint density at radius 1 is 1.05 bits per heavy atom. The van der Waals surface area contributed by atoms with Crippen LogP contribution < -0.4 is 4.90 Å². The van der Waals surface area contributed by atoms with Crippen LogP contribution in [0.1, 0.15) is 11.1 Å². The van der Waals surface area contributed by atoms with E-state index in [0.717, 1.165) is 16.0 Å². The first-order valence-corrected chi connectivity index (χ1v) is 6.46. The second kappa shape index (κ2) is 4.56. The van der Waals surface area contributed by atoms with Crippen molar-refractivity contribution < 1.29 is 9.59 Å². The lowest BCUT2D eigenvalue weighted by molar-refractivity contribution is -0.118. The smallest absolute Gasteiger partial charge is 0.273 e. The molecule has 1 unspecified atom stereocenters. The van der Waals surface area contributed by atoms with Crippen molar-refractivity contribution in [3.8, 4) is 0 Å². The number of anilines is 1. The molecule has 0 N–H and O–H groups in total. The first kappa shape index (κ1) is 12.5. The molecule has 0 saturated carbocycles. The number of carbonyl (C=O) groups excluding carboxylic acids is 2. The molecule has 100 valence electrons. The van der Waals surface area contributed by atoms with E-state index in [4.69, 9.17) is 0 Å². The van der Waals surface area contributed by atoms with E-state index in [1.54, 1.807) is 24.3 Å². The average Bonchev–Trinajstić information content (AvgIpc) is 2.37. The summed E-state index contributed by atoms with van der Waals surface area (Å²) in [5.74, 6) is -0.705. The Hall–Kier alpha value is -2.49. The molecule has 3 amide bonds. The van der Waals surface area contributed by atoms with Crippen molar-refractivity contribution in [3.63, 3.8) is 0 Å². The van der Waals surface area contributed by atoms with Crippen molar-refractivity contribution in [2.45, 2.75) is 13.8 Å². The molecule has 0 bridgehead atoms. The van der Waals surface area contributed by atoms with Gasteiger partial charge in [-0.25, -0.2) is 9.69 Å². The SMILES string of the molecule is Cc1cc(C)cc(N2C(=O)N=C3C=CC=CC3C2=O)c1. The number of amides is 3. The van der Waals surface area contributed by atoms with Gasteiger partial charge in [0.2, 0.25) is 5.91 Å². The molecule has 0 spiro atoms. The highest BCUT2D eigenvalue weighted by Crippen LogP contribution is 2.26. The van der Waals surface area contributed by atoms with Gasteiger partial charge in [-0.2, -0.15) is 4.99 Å². The largest absolute Gasteiger partial charge is 0.355 e. The van der Waals surface area contributed by atoms with E-state index in [1.165, 1.54) is 0 Å². The second-order valence-corrected chi connectivity index (χ2v) is 5.06. The lowest BCUT2D eigenvalue weighted by atomic mass is 9.95. The summed E-state index contributed by atoms with van der Waals surface area (Å²) in [5, 5.41) is 0. The summed E-state index contributed by atoms with van der Waals surface area (Å²) in [6.45, 7) is 3.88. The Labute approximate surface area is 117 Å². The fourth-order valence-electron chi connectivity index (χ4n) is 2.56. The van der Waals surface area contributed by atoms with Gasteiger partial charge >= 0.3 is 6.03 Å². The highest BCUT2D eigenvalue weighted by Gasteiger charge is 2.36. The Morgan fingerprint density at radius 2 is 1.75 bits per heavy atom. The van der Waals surface area contributed by atoms with Crippen LogP contribution in [0.15, 0.2) is 47.5 Å². The van der Waals surface area contributed by atoms with Crippen LogP contribution in [0.4, 0.5) is 10.5 Å². The minimum Gasteiger partial charge on any atom is -0.273 e. The van der Waals surface area contributed by atoms with Gasteiger partial charge in [-0.1, -0.05) is 24.3 Å². The highest BCUT2D eigenvalue weighted by molar-refractivity contribution is 6.30. The molecule has 1 heterocycles. The van der Waals surface area contributed by atoms with Crippen LogP contribution in [0.25, 0.3) is 0 Å². The molecule has 0 saturated heterocycles. The van der Waals surface area contributed by atoms with E-state index in [2.05, 4.69) is 4.99 Å². The predicted molar refractivity (Wildman–Crippen MR) is 78.0 cm³/mol. The van der Waals surface area contributed by atoms with Gasteiger partial charge in [0.25, 0.3) is 0 Å². The number of benzene rings is 1. The molecule has 1 aliphatic carbocycles. The molecule has 0 aromatic heterocycles. The number of aryl methyl sites for hydroxylation is 2. The van der Waals surface area contributed by atoms with Gasteiger partial charge in [0.15, 0.2) is 0 Å². The van der Waals surface area contributed by atoms with E-state index in [-0.39, 0.29) is 5.91 Å². The van der Waals surface area contributed by atoms with Crippen LogP contribution in [-0.4, -0.2) is 17.6 Å². The van der Waals surface area contributed by atoms with Crippen LogP contribution in [0, 0.1) is 19.8 Å². The zero-order chi connectivity index (χ0) is 14.3. The molecule has 1 atom stereocenters. The van der Waals surface area contributed by atoms with E-state index in [1.807, 2.05) is 32.0 Å². The van der Waals surface area contributed by atoms with Gasteiger partial charge in [-0.05, 0) is 43.2 Å². The zero-order valence-electron chi connectivity index (χ0n) is 11.3. The number of aliphatic imine (C=N–C) groups is 1. The highest BCUT2D eigenvalue weighted by atomic mass is 16.2. The van der Waals surface area contributed by atoms with Gasteiger partial charge in [-0.15, -0.1) is 0 Å². The summed E-state index contributed by atoms with van der Waals surface area (Å²) in [6.07, 6.45) is 7.06. The molecular formula is C16H14N2O2. The van der Waals surface area contributed by atoms with E-state index in [9.17, 15) is 9.59 Å². The number of nitrogens with zero attached hydrogens (tertiary/aromatic N) is 2. The summed E-state index contributed by atoms with van der Waals surface area (Å²) in [7, 11) is 0. The maximum Gasteiger partial charge on any atom is 0.355 e. The number of hydrogen-bond acceptors (Lipinski definition) is 2. The molecule has 3 rings (SSSR count). The summed E-state index contributed by atoms with van der Waals surface area (Å²) in [6, 6.07) is 5.13. The summed E-state index contributed by atoms with van der Waals surface area (Å²) in [5.41, 5.74) is 3.12. The van der Waals surface area contributed by atoms with E-state index >= 15 is 0 Å². The maximum atomic E-state index is 12.5. The van der Waals surface area contributed by atoms with E-state index < -0.39 is 11.9 Å². The van der Waals surface area contributed by atoms with Crippen molar-refractivity contribution in [2.24, 2.45) is 10.9 Å². The standard InChI is InChI=1S/C16H14N2O2/c1-10-7-11(2)9-12(8-10)18-15(19)13-5-3-4-6-14(13)17-16(18)20/h3-9,13H,1-2H3. The monoisotopic (exact) mass is 266 g/mol. The third-order valence-electron chi connectivity index (χ3n) is 3.37. The molecule has 4 nitrogen and oxygen atoms in total. The normalized spacial score (nSPS) is 21.0. The number of fused-ring (bicyclic) bond motifs is 1. The Kier molecular flexibility index (Phi) is 2.86. The quantitative estimate of drug-likeness (QED) is 0.784. The molecule has 1 aromatic rings. The van der Waals surface area contributed by atoms with Crippen LogP contribution >= 0.6 is 0 Å². The number of urea groups is 1.